The maximum atomic E-state index is 11.1. The molecule has 80 valence electrons. The molecule has 0 aliphatic rings. The van der Waals surface area contributed by atoms with E-state index >= 15 is 0 Å². The minimum Gasteiger partial charge on any atom is -0.350 e. The van der Waals surface area contributed by atoms with Gasteiger partial charge in [-0.2, -0.15) is 0 Å². The summed E-state index contributed by atoms with van der Waals surface area (Å²) in [7, 11) is 1.75. The molecule has 0 saturated carbocycles. The van der Waals surface area contributed by atoms with Crippen LogP contribution < -0.4 is 10.6 Å². The number of hydrogen-bond donors (Lipinski definition) is 2. The number of amides is 1. The van der Waals surface area contributed by atoms with E-state index in [1.165, 1.54) is 0 Å². The number of thiophene rings is 1. The van der Waals surface area contributed by atoms with Crippen LogP contribution in [0.4, 0.5) is 0 Å². The molecular weight excluding hydrogens is 288 g/mol. The Hall–Kier alpha value is -0.100. The smallest absolute Gasteiger partial charge is 0.234 e. The summed E-state index contributed by atoms with van der Waals surface area (Å²) in [6, 6.07) is 1.98. The second-order valence-corrected chi connectivity index (χ2v) is 4.35. The van der Waals surface area contributed by atoms with Crippen LogP contribution in [0.1, 0.15) is 4.88 Å². The van der Waals surface area contributed by atoms with Crippen molar-refractivity contribution in [3.63, 3.8) is 0 Å². The SMILES string of the molecule is CNCC(=O)NCc1sccc1Br.Cl. The summed E-state index contributed by atoms with van der Waals surface area (Å²) in [5.74, 6) is 0.0165. The van der Waals surface area contributed by atoms with Crippen molar-refractivity contribution in [2.45, 2.75) is 6.54 Å². The molecule has 2 N–H and O–H groups in total. The van der Waals surface area contributed by atoms with Gasteiger partial charge in [0.25, 0.3) is 0 Å². The highest BCUT2D eigenvalue weighted by Gasteiger charge is 2.03. The summed E-state index contributed by atoms with van der Waals surface area (Å²) in [5.41, 5.74) is 0. The van der Waals surface area contributed by atoms with Gasteiger partial charge in [-0.3, -0.25) is 4.79 Å². The van der Waals surface area contributed by atoms with Crippen LogP contribution in [-0.2, 0) is 11.3 Å². The Morgan fingerprint density at radius 2 is 2.36 bits per heavy atom. The van der Waals surface area contributed by atoms with Crippen LogP contribution >= 0.6 is 39.7 Å². The molecule has 0 aliphatic carbocycles. The maximum absolute atomic E-state index is 11.1. The molecule has 14 heavy (non-hydrogen) atoms. The standard InChI is InChI=1S/C8H11BrN2OS.ClH/c1-10-5-8(12)11-4-7-6(9)2-3-13-7;/h2-3,10H,4-5H2,1H3,(H,11,12);1H. The summed E-state index contributed by atoms with van der Waals surface area (Å²) in [5, 5.41) is 7.59. The van der Waals surface area contributed by atoms with Crippen LogP contribution in [-0.4, -0.2) is 19.5 Å². The van der Waals surface area contributed by atoms with E-state index in [0.29, 0.717) is 13.1 Å². The Morgan fingerprint density at radius 1 is 1.64 bits per heavy atom. The van der Waals surface area contributed by atoms with Crippen molar-refractivity contribution in [3.8, 4) is 0 Å². The normalized spacial score (nSPS) is 9.29. The average molecular weight is 300 g/mol. The van der Waals surface area contributed by atoms with Crippen LogP contribution in [0.2, 0.25) is 0 Å². The Balaban J connectivity index is 0.00000169. The van der Waals surface area contributed by atoms with E-state index in [4.69, 9.17) is 0 Å². The highest BCUT2D eigenvalue weighted by molar-refractivity contribution is 9.10. The Labute approximate surface area is 102 Å². The number of nitrogens with one attached hydrogen (secondary N) is 2. The molecule has 0 unspecified atom stereocenters. The first-order valence-electron chi connectivity index (χ1n) is 3.87. The second kappa shape index (κ2) is 7.23. The molecule has 3 nitrogen and oxygen atoms in total. The summed E-state index contributed by atoms with van der Waals surface area (Å²) in [6.07, 6.45) is 0. The van der Waals surface area contributed by atoms with Gasteiger partial charge in [-0.25, -0.2) is 0 Å². The first kappa shape index (κ1) is 13.9. The number of rotatable bonds is 4. The van der Waals surface area contributed by atoms with Crippen molar-refractivity contribution in [2.75, 3.05) is 13.6 Å². The van der Waals surface area contributed by atoms with E-state index in [0.717, 1.165) is 9.35 Å². The topological polar surface area (TPSA) is 41.1 Å². The zero-order valence-electron chi connectivity index (χ0n) is 7.67. The van der Waals surface area contributed by atoms with Gasteiger partial charge in [0, 0.05) is 9.35 Å². The molecule has 6 heteroatoms. The fraction of sp³-hybridized carbons (Fsp3) is 0.375. The van der Waals surface area contributed by atoms with Gasteiger partial charge < -0.3 is 10.6 Å². The van der Waals surface area contributed by atoms with Crippen molar-refractivity contribution in [2.24, 2.45) is 0 Å². The molecular formula is C8H12BrClN2OS. The van der Waals surface area contributed by atoms with Crippen molar-refractivity contribution in [3.05, 3.63) is 20.8 Å². The molecule has 1 rings (SSSR count). The maximum Gasteiger partial charge on any atom is 0.234 e. The van der Waals surface area contributed by atoms with Crippen LogP contribution in [0, 0.1) is 0 Å². The lowest BCUT2D eigenvalue weighted by atomic mass is 10.4. The van der Waals surface area contributed by atoms with Crippen LogP contribution in [0.15, 0.2) is 15.9 Å². The highest BCUT2D eigenvalue weighted by Crippen LogP contribution is 2.21. The largest absolute Gasteiger partial charge is 0.350 e. The number of halogens is 2. The second-order valence-electron chi connectivity index (χ2n) is 2.50. The van der Waals surface area contributed by atoms with E-state index in [1.807, 2.05) is 11.4 Å². The predicted octanol–water partition coefficient (Wildman–Crippen LogP) is 1.77. The monoisotopic (exact) mass is 298 g/mol. The minimum atomic E-state index is 0. The van der Waals surface area contributed by atoms with Crippen molar-refractivity contribution in [1.82, 2.24) is 10.6 Å². The zero-order chi connectivity index (χ0) is 9.68. The lowest BCUT2D eigenvalue weighted by Crippen LogP contribution is -2.31. The summed E-state index contributed by atoms with van der Waals surface area (Å²) < 4.78 is 1.06. The third-order valence-corrected chi connectivity index (χ3v) is 3.40. The van der Waals surface area contributed by atoms with E-state index in [9.17, 15) is 4.79 Å². The van der Waals surface area contributed by atoms with Crippen LogP contribution in [0.25, 0.3) is 0 Å². The predicted molar refractivity (Wildman–Crippen MR) is 65.0 cm³/mol. The molecule has 0 aromatic carbocycles. The van der Waals surface area contributed by atoms with E-state index in [1.54, 1.807) is 18.4 Å². The van der Waals surface area contributed by atoms with Gasteiger partial charge in [-0.15, -0.1) is 23.7 Å². The van der Waals surface area contributed by atoms with Crippen molar-refractivity contribution >= 4 is 45.6 Å². The summed E-state index contributed by atoms with van der Waals surface area (Å²) >= 11 is 5.03. The zero-order valence-corrected chi connectivity index (χ0v) is 10.9. The van der Waals surface area contributed by atoms with Gasteiger partial charge in [0.1, 0.15) is 0 Å². The Kier molecular flexibility index (Phi) is 7.17. The van der Waals surface area contributed by atoms with E-state index in [-0.39, 0.29) is 18.3 Å². The molecule has 0 radical (unpaired) electrons. The van der Waals surface area contributed by atoms with Gasteiger partial charge in [0.15, 0.2) is 0 Å². The van der Waals surface area contributed by atoms with Crippen molar-refractivity contribution in [1.29, 1.82) is 0 Å². The lowest BCUT2D eigenvalue weighted by molar-refractivity contribution is -0.120. The number of carbonyl (C=O) groups excluding carboxylic acids is 1. The highest BCUT2D eigenvalue weighted by atomic mass is 79.9. The summed E-state index contributed by atoms with van der Waals surface area (Å²) in [4.78, 5) is 12.2. The first-order chi connectivity index (χ1) is 6.24. The van der Waals surface area contributed by atoms with Gasteiger partial charge in [0.2, 0.25) is 5.91 Å². The molecule has 0 fully saturated rings. The van der Waals surface area contributed by atoms with Crippen molar-refractivity contribution < 1.29 is 4.79 Å². The Morgan fingerprint density at radius 3 is 2.86 bits per heavy atom. The fourth-order valence-corrected chi connectivity index (χ4v) is 2.29. The third kappa shape index (κ3) is 4.41. The van der Waals surface area contributed by atoms with Gasteiger partial charge in [0.05, 0.1) is 13.1 Å². The van der Waals surface area contributed by atoms with Crippen LogP contribution in [0.3, 0.4) is 0 Å². The number of hydrogen-bond acceptors (Lipinski definition) is 3. The third-order valence-electron chi connectivity index (χ3n) is 1.47. The summed E-state index contributed by atoms with van der Waals surface area (Å²) in [6.45, 7) is 0.960. The molecule has 0 bridgehead atoms. The lowest BCUT2D eigenvalue weighted by Gasteiger charge is -2.02. The van der Waals surface area contributed by atoms with Gasteiger partial charge in [-0.05, 0) is 34.4 Å². The molecule has 1 aromatic heterocycles. The Bertz CT molecular complexity index is 293. The number of carbonyl (C=O) groups is 1. The molecule has 1 aromatic rings. The van der Waals surface area contributed by atoms with Crippen LogP contribution in [0.5, 0.6) is 0 Å². The molecule has 1 amide bonds. The molecule has 0 saturated heterocycles. The molecule has 0 spiro atoms. The van der Waals surface area contributed by atoms with Gasteiger partial charge in [-0.1, -0.05) is 0 Å². The average Bonchev–Trinajstić information content (AvgIpc) is 2.48. The molecule has 1 heterocycles. The fourth-order valence-electron chi connectivity index (χ4n) is 0.853. The quantitative estimate of drug-likeness (QED) is 0.890. The molecule has 0 atom stereocenters. The number of likely N-dealkylation sites (N-methyl/N-ethyl adjacent to an activating group) is 1. The first-order valence-corrected chi connectivity index (χ1v) is 5.54. The molecule has 0 aliphatic heterocycles. The van der Waals surface area contributed by atoms with Gasteiger partial charge >= 0.3 is 0 Å². The minimum absolute atomic E-state index is 0. The van der Waals surface area contributed by atoms with E-state index in [2.05, 4.69) is 26.6 Å². The van der Waals surface area contributed by atoms with E-state index < -0.39 is 0 Å².